The van der Waals surface area contributed by atoms with Crippen molar-refractivity contribution in [2.24, 2.45) is 0 Å². The van der Waals surface area contributed by atoms with Crippen LogP contribution in [0, 0.1) is 0 Å². The fourth-order valence-corrected chi connectivity index (χ4v) is 2.20. The van der Waals surface area contributed by atoms with E-state index in [1.165, 1.54) is 19.0 Å². The highest BCUT2D eigenvalue weighted by Crippen LogP contribution is 2.13. The van der Waals surface area contributed by atoms with Gasteiger partial charge in [-0.3, -0.25) is 9.69 Å². The van der Waals surface area contributed by atoms with Gasteiger partial charge in [-0.1, -0.05) is 0 Å². The van der Waals surface area contributed by atoms with E-state index in [9.17, 15) is 9.90 Å². The summed E-state index contributed by atoms with van der Waals surface area (Å²) in [4.78, 5) is 13.7. The average molecular weight is 222 g/mol. The van der Waals surface area contributed by atoms with Gasteiger partial charge in [0, 0.05) is 24.8 Å². The average Bonchev–Trinajstić information content (AvgIpc) is 2.76. The van der Waals surface area contributed by atoms with Crippen LogP contribution >= 0.6 is 0 Å². The fraction of sp³-hybridized carbons (Fsp3) is 0.583. The molecule has 0 atom stereocenters. The number of rotatable bonds is 3. The Morgan fingerprint density at radius 1 is 1.38 bits per heavy atom. The predicted molar refractivity (Wildman–Crippen MR) is 62.6 cm³/mol. The molecule has 0 saturated carbocycles. The maximum Gasteiger partial charge on any atom is 0.223 e. The summed E-state index contributed by atoms with van der Waals surface area (Å²) in [6, 6.07) is 1.55. The zero-order valence-corrected chi connectivity index (χ0v) is 9.65. The summed E-state index contributed by atoms with van der Waals surface area (Å²) >= 11 is 0. The van der Waals surface area contributed by atoms with E-state index >= 15 is 0 Å². The lowest BCUT2D eigenvalue weighted by Crippen LogP contribution is -2.23. The Labute approximate surface area is 95.1 Å². The normalized spacial score (nSPS) is 16.8. The first-order valence-electron chi connectivity index (χ1n) is 5.85. The third-order valence-electron chi connectivity index (χ3n) is 3.12. The van der Waals surface area contributed by atoms with E-state index in [4.69, 9.17) is 0 Å². The van der Waals surface area contributed by atoms with Crippen LogP contribution in [0.5, 0.6) is 5.75 Å². The molecule has 0 amide bonds. The Bertz CT molecular complexity index is 420. The molecule has 4 nitrogen and oxygen atoms in total. The number of aromatic nitrogens is 1. The molecule has 2 rings (SSSR count). The second-order valence-corrected chi connectivity index (χ2v) is 4.28. The summed E-state index contributed by atoms with van der Waals surface area (Å²) in [5.41, 5.74) is 0.714. The van der Waals surface area contributed by atoms with Crippen LogP contribution in [0.3, 0.4) is 0 Å². The first kappa shape index (κ1) is 11.2. The lowest BCUT2D eigenvalue weighted by atomic mass is 10.3. The third-order valence-corrected chi connectivity index (χ3v) is 3.12. The molecule has 4 heteroatoms. The largest absolute Gasteiger partial charge is 0.503 e. The molecular weight excluding hydrogens is 204 g/mol. The Hall–Kier alpha value is -1.29. The highest BCUT2D eigenvalue weighted by molar-refractivity contribution is 5.20. The van der Waals surface area contributed by atoms with Gasteiger partial charge in [-0.15, -0.1) is 0 Å². The van der Waals surface area contributed by atoms with E-state index in [2.05, 4.69) is 4.90 Å². The van der Waals surface area contributed by atoms with Crippen molar-refractivity contribution in [1.82, 2.24) is 9.47 Å². The molecule has 16 heavy (non-hydrogen) atoms. The zero-order chi connectivity index (χ0) is 11.5. The van der Waals surface area contributed by atoms with Crippen molar-refractivity contribution in [3.05, 3.63) is 28.2 Å². The Kier molecular flexibility index (Phi) is 3.29. The minimum Gasteiger partial charge on any atom is -0.503 e. The summed E-state index contributed by atoms with van der Waals surface area (Å²) in [6.45, 7) is 5.81. The van der Waals surface area contributed by atoms with Crippen molar-refractivity contribution < 1.29 is 5.11 Å². The number of likely N-dealkylation sites (tertiary alicyclic amines) is 1. The first-order valence-corrected chi connectivity index (χ1v) is 5.85. The minimum absolute atomic E-state index is 0.160. The Balaban J connectivity index is 2.24. The van der Waals surface area contributed by atoms with Gasteiger partial charge in [-0.05, 0) is 32.9 Å². The van der Waals surface area contributed by atoms with Gasteiger partial charge in [0.2, 0.25) is 5.43 Å². The van der Waals surface area contributed by atoms with Gasteiger partial charge in [0.05, 0.1) is 6.20 Å². The smallest absolute Gasteiger partial charge is 0.223 e. The molecular formula is C12H18N2O2. The molecule has 1 aromatic heterocycles. The summed E-state index contributed by atoms with van der Waals surface area (Å²) < 4.78 is 1.94. The number of hydrogen-bond acceptors (Lipinski definition) is 3. The van der Waals surface area contributed by atoms with Crippen molar-refractivity contribution in [3.63, 3.8) is 0 Å². The van der Waals surface area contributed by atoms with Gasteiger partial charge in [-0.2, -0.15) is 0 Å². The predicted octanol–water partition coefficient (Wildman–Crippen LogP) is 1.17. The molecule has 1 fully saturated rings. The Morgan fingerprint density at radius 3 is 2.69 bits per heavy atom. The summed E-state index contributed by atoms with van der Waals surface area (Å²) in [5.74, 6) is -0.160. The van der Waals surface area contributed by atoms with E-state index in [1.807, 2.05) is 11.5 Å². The SMILES string of the molecule is CCn1cc(O)c(=O)cc1CN1CCCC1. The fourth-order valence-electron chi connectivity index (χ4n) is 2.20. The number of aromatic hydroxyl groups is 1. The summed E-state index contributed by atoms with van der Waals surface area (Å²) in [7, 11) is 0. The molecule has 0 radical (unpaired) electrons. The van der Waals surface area contributed by atoms with Crippen molar-refractivity contribution >= 4 is 0 Å². The highest BCUT2D eigenvalue weighted by Gasteiger charge is 2.14. The van der Waals surface area contributed by atoms with Crippen LogP contribution < -0.4 is 5.43 Å². The van der Waals surface area contributed by atoms with Crippen LogP contribution in [0.4, 0.5) is 0 Å². The standard InChI is InChI=1S/C12H18N2O2/c1-2-14-9-12(16)11(15)7-10(14)8-13-5-3-4-6-13/h7,9,16H,2-6,8H2,1H3. The topological polar surface area (TPSA) is 45.5 Å². The minimum atomic E-state index is -0.279. The quantitative estimate of drug-likeness (QED) is 0.835. The van der Waals surface area contributed by atoms with Gasteiger partial charge >= 0.3 is 0 Å². The van der Waals surface area contributed by atoms with E-state index in [1.54, 1.807) is 6.07 Å². The van der Waals surface area contributed by atoms with Crippen LogP contribution in [0.2, 0.25) is 0 Å². The number of nitrogens with zero attached hydrogens (tertiary/aromatic N) is 2. The van der Waals surface area contributed by atoms with Crippen molar-refractivity contribution in [3.8, 4) is 5.75 Å². The molecule has 1 aromatic rings. The van der Waals surface area contributed by atoms with Gasteiger partial charge in [0.1, 0.15) is 0 Å². The van der Waals surface area contributed by atoms with Gasteiger partial charge in [-0.25, -0.2) is 0 Å². The van der Waals surface area contributed by atoms with Crippen LogP contribution in [-0.4, -0.2) is 27.7 Å². The van der Waals surface area contributed by atoms with Crippen LogP contribution in [-0.2, 0) is 13.1 Å². The van der Waals surface area contributed by atoms with E-state index in [0.29, 0.717) is 0 Å². The molecule has 88 valence electrons. The number of hydrogen-bond donors (Lipinski definition) is 1. The molecule has 0 aromatic carbocycles. The molecule has 2 heterocycles. The lowest BCUT2D eigenvalue weighted by Gasteiger charge is -2.18. The second-order valence-electron chi connectivity index (χ2n) is 4.28. The first-order chi connectivity index (χ1) is 7.70. The van der Waals surface area contributed by atoms with Crippen LogP contribution in [0.1, 0.15) is 25.5 Å². The maximum atomic E-state index is 11.4. The molecule has 0 aliphatic carbocycles. The van der Waals surface area contributed by atoms with Crippen LogP contribution in [0.25, 0.3) is 0 Å². The van der Waals surface area contributed by atoms with E-state index in [-0.39, 0.29) is 11.2 Å². The molecule has 0 spiro atoms. The molecule has 0 bridgehead atoms. The molecule has 1 N–H and O–H groups in total. The van der Waals surface area contributed by atoms with Crippen molar-refractivity contribution in [2.75, 3.05) is 13.1 Å². The summed E-state index contributed by atoms with van der Waals surface area (Å²) in [6.07, 6.45) is 4.02. The highest BCUT2D eigenvalue weighted by atomic mass is 16.3. The third kappa shape index (κ3) is 2.27. The van der Waals surface area contributed by atoms with Crippen molar-refractivity contribution in [1.29, 1.82) is 0 Å². The van der Waals surface area contributed by atoms with Gasteiger partial charge < -0.3 is 9.67 Å². The Morgan fingerprint density at radius 2 is 2.06 bits per heavy atom. The molecule has 1 saturated heterocycles. The molecule has 1 aliphatic rings. The number of pyridine rings is 1. The van der Waals surface area contributed by atoms with Crippen LogP contribution in [0.15, 0.2) is 17.1 Å². The monoisotopic (exact) mass is 222 g/mol. The maximum absolute atomic E-state index is 11.4. The lowest BCUT2D eigenvalue weighted by molar-refractivity contribution is 0.319. The number of aryl methyl sites for hydroxylation is 1. The molecule has 1 aliphatic heterocycles. The van der Waals surface area contributed by atoms with E-state index < -0.39 is 0 Å². The molecule has 0 unspecified atom stereocenters. The van der Waals surface area contributed by atoms with E-state index in [0.717, 1.165) is 31.9 Å². The van der Waals surface area contributed by atoms with Gasteiger partial charge in [0.15, 0.2) is 5.75 Å². The zero-order valence-electron chi connectivity index (χ0n) is 9.65. The van der Waals surface area contributed by atoms with Crippen molar-refractivity contribution in [2.45, 2.75) is 32.9 Å². The second kappa shape index (κ2) is 4.70. The van der Waals surface area contributed by atoms with Gasteiger partial charge in [0.25, 0.3) is 0 Å². The summed E-state index contributed by atoms with van der Waals surface area (Å²) in [5, 5.41) is 9.37.